The van der Waals surface area contributed by atoms with E-state index in [1.165, 1.54) is 0 Å². The van der Waals surface area contributed by atoms with Crippen LogP contribution in [-0.2, 0) is 4.79 Å². The molecule has 1 aromatic rings. The van der Waals surface area contributed by atoms with Crippen LogP contribution in [0.4, 0.5) is 5.69 Å². The molecule has 104 valence electrons. The Morgan fingerprint density at radius 2 is 1.84 bits per heavy atom. The van der Waals surface area contributed by atoms with Crippen LogP contribution >= 0.6 is 0 Å². The smallest absolute Gasteiger partial charge is 0.232 e. The molecule has 1 N–H and O–H groups in total. The highest BCUT2D eigenvalue weighted by Crippen LogP contribution is 2.32. The van der Waals surface area contributed by atoms with Gasteiger partial charge in [-0.05, 0) is 50.2 Å². The van der Waals surface area contributed by atoms with E-state index in [1.807, 2.05) is 31.3 Å². The van der Waals surface area contributed by atoms with Crippen molar-refractivity contribution >= 4 is 11.6 Å². The monoisotopic (exact) mass is 262 g/mol. The van der Waals surface area contributed by atoms with Crippen LogP contribution in [0.2, 0.25) is 0 Å². The van der Waals surface area contributed by atoms with Gasteiger partial charge in [0.2, 0.25) is 5.91 Å². The number of ether oxygens (including phenoxy) is 1. The van der Waals surface area contributed by atoms with Crippen molar-refractivity contribution in [2.24, 2.45) is 5.41 Å². The van der Waals surface area contributed by atoms with Crippen LogP contribution in [0.3, 0.4) is 0 Å². The second kappa shape index (κ2) is 5.61. The first-order chi connectivity index (χ1) is 9.07. The molecule has 0 atom stereocenters. The standard InChI is InChI=1S/C15H22N2O2/c1-15(8-10-16-11-9-15)14(18)17(2)12-4-6-13(19-3)7-5-12/h4-7,16H,8-11H2,1-3H3. The fourth-order valence-electron chi connectivity index (χ4n) is 2.52. The summed E-state index contributed by atoms with van der Waals surface area (Å²) < 4.78 is 5.13. The van der Waals surface area contributed by atoms with Crippen molar-refractivity contribution in [3.63, 3.8) is 0 Å². The Balaban J connectivity index is 2.13. The van der Waals surface area contributed by atoms with E-state index in [4.69, 9.17) is 4.74 Å². The second-order valence-corrected chi connectivity index (χ2v) is 5.37. The Bertz CT molecular complexity index is 436. The molecule has 1 fully saturated rings. The van der Waals surface area contributed by atoms with Crippen molar-refractivity contribution in [1.82, 2.24) is 5.32 Å². The second-order valence-electron chi connectivity index (χ2n) is 5.37. The molecule has 1 heterocycles. The zero-order valence-electron chi connectivity index (χ0n) is 11.9. The maximum atomic E-state index is 12.6. The number of carbonyl (C=O) groups excluding carboxylic acids is 1. The first-order valence-electron chi connectivity index (χ1n) is 6.70. The molecule has 1 amide bonds. The summed E-state index contributed by atoms with van der Waals surface area (Å²) in [7, 11) is 3.48. The van der Waals surface area contributed by atoms with Crippen LogP contribution in [0.25, 0.3) is 0 Å². The minimum Gasteiger partial charge on any atom is -0.497 e. The molecule has 0 spiro atoms. The average molecular weight is 262 g/mol. The summed E-state index contributed by atoms with van der Waals surface area (Å²) in [5.74, 6) is 0.997. The summed E-state index contributed by atoms with van der Waals surface area (Å²) in [5.41, 5.74) is 0.658. The van der Waals surface area contributed by atoms with Crippen LogP contribution in [0, 0.1) is 5.41 Å². The molecule has 0 bridgehead atoms. The van der Waals surface area contributed by atoms with Gasteiger partial charge in [0.1, 0.15) is 5.75 Å². The average Bonchev–Trinajstić information content (AvgIpc) is 2.46. The SMILES string of the molecule is COc1ccc(N(C)C(=O)C2(C)CCNCC2)cc1. The molecule has 0 radical (unpaired) electrons. The van der Waals surface area contributed by atoms with E-state index in [0.29, 0.717) is 0 Å². The molecule has 0 aliphatic carbocycles. The molecule has 0 aromatic heterocycles. The lowest BCUT2D eigenvalue weighted by Gasteiger charge is -2.36. The first-order valence-corrected chi connectivity index (χ1v) is 6.70. The summed E-state index contributed by atoms with van der Waals surface area (Å²) in [5, 5.41) is 3.30. The van der Waals surface area contributed by atoms with Gasteiger partial charge in [-0.15, -0.1) is 0 Å². The number of benzene rings is 1. The summed E-state index contributed by atoms with van der Waals surface area (Å²) in [6.45, 7) is 3.90. The molecule has 4 nitrogen and oxygen atoms in total. The number of hydrogen-bond acceptors (Lipinski definition) is 3. The van der Waals surface area contributed by atoms with E-state index >= 15 is 0 Å². The molecule has 1 aromatic carbocycles. The molecule has 0 unspecified atom stereocenters. The van der Waals surface area contributed by atoms with Gasteiger partial charge < -0.3 is 15.0 Å². The Morgan fingerprint density at radius 1 is 1.26 bits per heavy atom. The highest BCUT2D eigenvalue weighted by Gasteiger charge is 2.36. The van der Waals surface area contributed by atoms with Crippen molar-refractivity contribution < 1.29 is 9.53 Å². The molecule has 4 heteroatoms. The quantitative estimate of drug-likeness (QED) is 0.906. The third kappa shape index (κ3) is 2.89. The lowest BCUT2D eigenvalue weighted by Crippen LogP contribution is -2.46. The van der Waals surface area contributed by atoms with Gasteiger partial charge in [-0.2, -0.15) is 0 Å². The van der Waals surface area contributed by atoms with Crippen molar-refractivity contribution in [1.29, 1.82) is 0 Å². The molecular formula is C15H22N2O2. The molecule has 19 heavy (non-hydrogen) atoms. The lowest BCUT2D eigenvalue weighted by atomic mass is 9.79. The number of amides is 1. The zero-order valence-corrected chi connectivity index (χ0v) is 11.9. The Labute approximate surface area is 114 Å². The van der Waals surface area contributed by atoms with Gasteiger partial charge in [-0.25, -0.2) is 0 Å². The third-order valence-electron chi connectivity index (χ3n) is 3.99. The number of hydrogen-bond donors (Lipinski definition) is 1. The Morgan fingerprint density at radius 3 is 2.37 bits per heavy atom. The Kier molecular flexibility index (Phi) is 4.10. The number of piperidine rings is 1. The van der Waals surface area contributed by atoms with E-state index in [0.717, 1.165) is 37.4 Å². The van der Waals surface area contributed by atoms with Gasteiger partial charge in [0.05, 0.1) is 7.11 Å². The maximum absolute atomic E-state index is 12.6. The Hall–Kier alpha value is -1.55. The van der Waals surface area contributed by atoms with Crippen molar-refractivity contribution in [2.45, 2.75) is 19.8 Å². The minimum absolute atomic E-state index is 0.194. The van der Waals surface area contributed by atoms with E-state index in [-0.39, 0.29) is 11.3 Å². The lowest BCUT2D eigenvalue weighted by molar-refractivity contribution is -0.128. The molecule has 1 saturated heterocycles. The maximum Gasteiger partial charge on any atom is 0.232 e. The van der Waals surface area contributed by atoms with Gasteiger partial charge in [0, 0.05) is 18.2 Å². The van der Waals surface area contributed by atoms with Crippen molar-refractivity contribution in [3.05, 3.63) is 24.3 Å². The van der Waals surface area contributed by atoms with E-state index in [1.54, 1.807) is 12.0 Å². The number of anilines is 1. The predicted octanol–water partition coefficient (Wildman–Crippen LogP) is 2.05. The van der Waals surface area contributed by atoms with E-state index in [9.17, 15) is 4.79 Å². The van der Waals surface area contributed by atoms with Crippen LogP contribution in [0.15, 0.2) is 24.3 Å². The fraction of sp³-hybridized carbons (Fsp3) is 0.533. The minimum atomic E-state index is -0.250. The molecular weight excluding hydrogens is 240 g/mol. The fourth-order valence-corrected chi connectivity index (χ4v) is 2.52. The van der Waals surface area contributed by atoms with Crippen LogP contribution in [-0.4, -0.2) is 33.2 Å². The van der Waals surface area contributed by atoms with E-state index in [2.05, 4.69) is 12.2 Å². The molecule has 0 saturated carbocycles. The largest absolute Gasteiger partial charge is 0.497 e. The number of nitrogens with zero attached hydrogens (tertiary/aromatic N) is 1. The molecule has 2 rings (SSSR count). The summed E-state index contributed by atoms with van der Waals surface area (Å²) >= 11 is 0. The molecule has 1 aliphatic heterocycles. The highest BCUT2D eigenvalue weighted by atomic mass is 16.5. The summed E-state index contributed by atoms with van der Waals surface area (Å²) in [4.78, 5) is 14.4. The predicted molar refractivity (Wildman–Crippen MR) is 76.6 cm³/mol. The number of rotatable bonds is 3. The topological polar surface area (TPSA) is 41.6 Å². The van der Waals surface area contributed by atoms with Crippen LogP contribution in [0.1, 0.15) is 19.8 Å². The number of carbonyl (C=O) groups is 1. The van der Waals surface area contributed by atoms with Crippen molar-refractivity contribution in [3.8, 4) is 5.75 Å². The van der Waals surface area contributed by atoms with Crippen LogP contribution < -0.4 is 15.0 Å². The van der Waals surface area contributed by atoms with Crippen molar-refractivity contribution in [2.75, 3.05) is 32.1 Å². The highest BCUT2D eigenvalue weighted by molar-refractivity contribution is 5.97. The van der Waals surface area contributed by atoms with E-state index < -0.39 is 0 Å². The normalized spacial score (nSPS) is 17.8. The summed E-state index contributed by atoms with van der Waals surface area (Å²) in [6, 6.07) is 7.59. The first kappa shape index (κ1) is 13.9. The summed E-state index contributed by atoms with van der Waals surface area (Å²) in [6.07, 6.45) is 1.79. The third-order valence-corrected chi connectivity index (χ3v) is 3.99. The number of nitrogens with one attached hydrogen (secondary N) is 1. The van der Waals surface area contributed by atoms with Gasteiger partial charge in [-0.3, -0.25) is 4.79 Å². The molecule has 1 aliphatic rings. The van der Waals surface area contributed by atoms with Gasteiger partial charge in [-0.1, -0.05) is 6.92 Å². The van der Waals surface area contributed by atoms with Gasteiger partial charge in [0.25, 0.3) is 0 Å². The number of methoxy groups -OCH3 is 1. The van der Waals surface area contributed by atoms with Crippen LogP contribution in [0.5, 0.6) is 5.75 Å². The van der Waals surface area contributed by atoms with Gasteiger partial charge in [0.15, 0.2) is 0 Å². The zero-order chi connectivity index (χ0) is 13.9. The van der Waals surface area contributed by atoms with Gasteiger partial charge >= 0.3 is 0 Å².